The van der Waals surface area contributed by atoms with Crippen LogP contribution in [0, 0.1) is 0 Å². The van der Waals surface area contributed by atoms with Crippen molar-refractivity contribution in [2.45, 2.75) is 44.7 Å². The minimum Gasteiger partial charge on any atom is -0.369 e. The fraction of sp³-hybridized carbons (Fsp3) is 0.467. The molecule has 0 aliphatic rings. The highest BCUT2D eigenvalue weighted by molar-refractivity contribution is 7.09. The van der Waals surface area contributed by atoms with Crippen LogP contribution in [0.2, 0.25) is 30.8 Å². The largest absolute Gasteiger partial charge is 0.369 e. The summed E-state index contributed by atoms with van der Waals surface area (Å²) in [7, 11) is -3.12. The summed E-state index contributed by atoms with van der Waals surface area (Å²) in [5.41, 5.74) is 0. The molecule has 0 saturated heterocycles. The predicted molar refractivity (Wildman–Crippen MR) is 89.9 cm³/mol. The molecule has 0 amide bonds. The zero-order valence-electron chi connectivity index (χ0n) is 13.0. The molecule has 0 aliphatic heterocycles. The molecular formula is C15H26N2Si2. The SMILES string of the molecule is CC(C)([Si](C)(C)c1ccc[nH]1)[Si](C)(C)c1ccc[nH]1. The first kappa shape index (κ1) is 14.4. The molecule has 2 N–H and O–H groups in total. The highest BCUT2D eigenvalue weighted by atomic mass is 28.4. The van der Waals surface area contributed by atoms with Gasteiger partial charge in [0.1, 0.15) is 16.1 Å². The molecule has 4 heteroatoms. The molecule has 2 nitrogen and oxygen atoms in total. The molecule has 0 aliphatic carbocycles. The second-order valence-corrected chi connectivity index (χ2v) is 17.6. The highest BCUT2D eigenvalue weighted by Crippen LogP contribution is 2.44. The molecular weight excluding hydrogens is 264 g/mol. The minimum absolute atomic E-state index is 0.357. The quantitative estimate of drug-likeness (QED) is 0.811. The number of aromatic amines is 2. The van der Waals surface area contributed by atoms with E-state index >= 15 is 0 Å². The van der Waals surface area contributed by atoms with E-state index in [9.17, 15) is 0 Å². The fourth-order valence-electron chi connectivity index (χ4n) is 2.89. The molecule has 19 heavy (non-hydrogen) atoms. The lowest BCUT2D eigenvalue weighted by molar-refractivity contribution is 0.871. The van der Waals surface area contributed by atoms with Crippen LogP contribution in [-0.2, 0) is 0 Å². The molecule has 104 valence electrons. The van der Waals surface area contributed by atoms with Crippen LogP contribution in [0.4, 0.5) is 0 Å². The monoisotopic (exact) mass is 290 g/mol. The Morgan fingerprint density at radius 1 is 0.789 bits per heavy atom. The first-order valence-corrected chi connectivity index (χ1v) is 13.0. The van der Waals surface area contributed by atoms with Gasteiger partial charge in [-0.15, -0.1) is 0 Å². The highest BCUT2D eigenvalue weighted by Gasteiger charge is 2.53. The summed E-state index contributed by atoms with van der Waals surface area (Å²) in [6.07, 6.45) is 4.12. The van der Waals surface area contributed by atoms with Crippen LogP contribution in [0.5, 0.6) is 0 Å². The van der Waals surface area contributed by atoms with Gasteiger partial charge in [-0.05, 0) is 39.6 Å². The lowest BCUT2D eigenvalue weighted by atomic mass is 10.5. The van der Waals surface area contributed by atoms with Crippen LogP contribution in [0.15, 0.2) is 36.7 Å². The van der Waals surface area contributed by atoms with Crippen molar-refractivity contribution in [1.82, 2.24) is 9.97 Å². The maximum Gasteiger partial charge on any atom is 0.104 e. The number of aromatic nitrogens is 2. The first-order valence-electron chi connectivity index (χ1n) is 6.99. The Bertz CT molecular complexity index is 474. The third kappa shape index (κ3) is 2.07. The molecule has 2 heterocycles. The normalized spacial score (nSPS) is 13.8. The molecule has 0 fully saturated rings. The van der Waals surface area contributed by atoms with Gasteiger partial charge in [0.2, 0.25) is 0 Å². The van der Waals surface area contributed by atoms with Gasteiger partial charge in [0.25, 0.3) is 0 Å². The standard InChI is InChI=1S/C15H26N2Si2/c1-15(2,18(3,4)13-9-7-11-16-13)19(5,6)14-10-8-12-17-14/h7-12,16-17H,1-6H3. The molecule has 0 unspecified atom stereocenters. The molecule has 0 bridgehead atoms. The summed E-state index contributed by atoms with van der Waals surface area (Å²) in [5, 5.41) is 2.93. The fourth-order valence-corrected chi connectivity index (χ4v) is 13.2. The lowest BCUT2D eigenvalue weighted by Gasteiger charge is -2.49. The Morgan fingerprint density at radius 2 is 1.16 bits per heavy atom. The number of nitrogens with one attached hydrogen (secondary N) is 2. The van der Waals surface area contributed by atoms with E-state index in [0.29, 0.717) is 4.66 Å². The second-order valence-electron chi connectivity index (χ2n) is 7.04. The van der Waals surface area contributed by atoms with Gasteiger partial charge in [0, 0.05) is 12.4 Å². The first-order chi connectivity index (χ1) is 8.71. The Labute approximate surface area is 118 Å². The van der Waals surface area contributed by atoms with Gasteiger partial charge in [0.05, 0.1) is 0 Å². The van der Waals surface area contributed by atoms with Gasteiger partial charge in [-0.2, -0.15) is 0 Å². The van der Waals surface area contributed by atoms with Crippen LogP contribution in [0.3, 0.4) is 0 Å². The van der Waals surface area contributed by atoms with Crippen molar-refractivity contribution in [3.05, 3.63) is 36.7 Å². The third-order valence-corrected chi connectivity index (χ3v) is 19.0. The molecule has 2 aromatic rings. The van der Waals surface area contributed by atoms with Gasteiger partial charge in [0.15, 0.2) is 0 Å². The van der Waals surface area contributed by atoms with E-state index in [1.807, 2.05) is 0 Å². The average Bonchev–Trinajstić information content (AvgIpc) is 3.02. The van der Waals surface area contributed by atoms with Gasteiger partial charge < -0.3 is 9.97 Å². The summed E-state index contributed by atoms with van der Waals surface area (Å²) < 4.78 is 0.357. The molecule has 0 atom stereocenters. The lowest BCUT2D eigenvalue weighted by Crippen LogP contribution is -2.65. The number of hydrogen-bond donors (Lipinski definition) is 2. The molecule has 2 rings (SSSR count). The van der Waals surface area contributed by atoms with E-state index in [4.69, 9.17) is 0 Å². The van der Waals surface area contributed by atoms with Gasteiger partial charge in [-0.1, -0.05) is 40.0 Å². The van der Waals surface area contributed by atoms with E-state index in [1.54, 1.807) is 0 Å². The number of rotatable bonds is 4. The molecule has 2 aromatic heterocycles. The van der Waals surface area contributed by atoms with Gasteiger partial charge in [-0.25, -0.2) is 0 Å². The summed E-state index contributed by atoms with van der Waals surface area (Å²) in [6.45, 7) is 14.9. The van der Waals surface area contributed by atoms with Gasteiger partial charge in [-0.3, -0.25) is 0 Å². The van der Waals surface area contributed by atoms with Crippen molar-refractivity contribution in [2.24, 2.45) is 0 Å². The average molecular weight is 291 g/mol. The van der Waals surface area contributed by atoms with Crippen molar-refractivity contribution in [2.75, 3.05) is 0 Å². The Kier molecular flexibility index (Phi) is 3.43. The van der Waals surface area contributed by atoms with E-state index in [-0.39, 0.29) is 0 Å². The Balaban J connectivity index is 2.47. The van der Waals surface area contributed by atoms with E-state index in [0.717, 1.165) is 0 Å². The van der Waals surface area contributed by atoms with E-state index < -0.39 is 16.1 Å². The Hall–Kier alpha value is -1.01. The van der Waals surface area contributed by atoms with Crippen molar-refractivity contribution in [3.8, 4) is 0 Å². The summed E-state index contributed by atoms with van der Waals surface area (Å²) in [4.78, 5) is 6.95. The van der Waals surface area contributed by atoms with Crippen LogP contribution in [0.25, 0.3) is 0 Å². The third-order valence-electron chi connectivity index (χ3n) is 5.67. The second kappa shape index (κ2) is 4.53. The van der Waals surface area contributed by atoms with Crippen LogP contribution < -0.4 is 10.6 Å². The van der Waals surface area contributed by atoms with E-state index in [1.165, 1.54) is 10.6 Å². The summed E-state index contributed by atoms with van der Waals surface area (Å²) in [5.74, 6) is 0. The van der Waals surface area contributed by atoms with Crippen LogP contribution in [-0.4, -0.2) is 26.1 Å². The van der Waals surface area contributed by atoms with E-state index in [2.05, 4.69) is 86.7 Å². The molecule has 0 radical (unpaired) electrons. The number of hydrogen-bond acceptors (Lipinski definition) is 0. The predicted octanol–water partition coefficient (Wildman–Crippen LogP) is 3.19. The number of H-pyrrole nitrogens is 2. The summed E-state index contributed by atoms with van der Waals surface area (Å²) in [6, 6.07) is 8.80. The molecule has 0 spiro atoms. The van der Waals surface area contributed by atoms with Crippen LogP contribution >= 0.6 is 0 Å². The Morgan fingerprint density at radius 3 is 1.42 bits per heavy atom. The summed E-state index contributed by atoms with van der Waals surface area (Å²) >= 11 is 0. The maximum absolute atomic E-state index is 3.47. The zero-order valence-corrected chi connectivity index (χ0v) is 15.0. The minimum atomic E-state index is -1.56. The molecule has 0 saturated carbocycles. The van der Waals surface area contributed by atoms with Crippen molar-refractivity contribution in [3.63, 3.8) is 0 Å². The maximum atomic E-state index is 3.47. The smallest absolute Gasteiger partial charge is 0.104 e. The van der Waals surface area contributed by atoms with Crippen LogP contribution in [0.1, 0.15) is 13.8 Å². The zero-order chi connectivity index (χ0) is 14.3. The van der Waals surface area contributed by atoms with Crippen molar-refractivity contribution < 1.29 is 0 Å². The topological polar surface area (TPSA) is 31.6 Å². The van der Waals surface area contributed by atoms with Gasteiger partial charge >= 0.3 is 0 Å². The molecule has 0 aromatic carbocycles. The van der Waals surface area contributed by atoms with Crippen molar-refractivity contribution >= 4 is 26.8 Å². The van der Waals surface area contributed by atoms with Crippen molar-refractivity contribution in [1.29, 1.82) is 0 Å².